The van der Waals surface area contributed by atoms with Gasteiger partial charge < -0.3 is 0 Å². The molecule has 0 aromatic heterocycles. The average molecular weight is 330 g/mol. The monoisotopic (exact) mass is 330 g/mol. The Kier molecular flexibility index (Phi) is 4.80. The second-order valence-corrected chi connectivity index (χ2v) is 7.64. The molecule has 5 heteroatoms. The number of benzene rings is 2. The van der Waals surface area contributed by atoms with Crippen molar-refractivity contribution in [2.75, 3.05) is 13.6 Å². The van der Waals surface area contributed by atoms with Crippen LogP contribution in [0.4, 0.5) is 0 Å². The summed E-state index contributed by atoms with van der Waals surface area (Å²) in [6, 6.07) is 18.3. The van der Waals surface area contributed by atoms with Gasteiger partial charge in [-0.1, -0.05) is 54.6 Å². The molecular weight excluding hydrogens is 308 g/mol. The standard InChI is InChI=1S/C18H22N2O2S/c1-19-23(21,22)20-14-13-16-9-5-6-10-17(16)18(20)12-11-15-7-3-2-4-8-15/h2-10,18-19H,11-14H2,1H3. The number of fused-ring (bicyclic) bond motifs is 1. The Morgan fingerprint density at radius 2 is 1.78 bits per heavy atom. The van der Waals surface area contributed by atoms with E-state index in [1.54, 1.807) is 4.31 Å². The molecule has 1 heterocycles. The number of hydrogen-bond donors (Lipinski definition) is 1. The number of nitrogens with one attached hydrogen (secondary N) is 1. The van der Waals surface area contributed by atoms with E-state index in [4.69, 9.17) is 0 Å². The first-order chi connectivity index (χ1) is 11.1. The summed E-state index contributed by atoms with van der Waals surface area (Å²) in [7, 11) is -1.96. The lowest BCUT2D eigenvalue weighted by Gasteiger charge is -2.36. The van der Waals surface area contributed by atoms with Crippen LogP contribution in [0.2, 0.25) is 0 Å². The fourth-order valence-electron chi connectivity index (χ4n) is 3.28. The summed E-state index contributed by atoms with van der Waals surface area (Å²) in [5, 5.41) is 0. The van der Waals surface area contributed by atoms with Gasteiger partial charge in [-0.15, -0.1) is 0 Å². The third-order valence-electron chi connectivity index (χ3n) is 4.48. The van der Waals surface area contributed by atoms with Gasteiger partial charge in [-0.05, 0) is 36.0 Å². The van der Waals surface area contributed by atoms with Gasteiger partial charge in [-0.25, -0.2) is 4.72 Å². The van der Waals surface area contributed by atoms with E-state index in [1.165, 1.54) is 18.2 Å². The Balaban J connectivity index is 1.90. The van der Waals surface area contributed by atoms with Gasteiger partial charge in [0.1, 0.15) is 0 Å². The molecule has 0 fully saturated rings. The van der Waals surface area contributed by atoms with Crippen molar-refractivity contribution in [3.63, 3.8) is 0 Å². The van der Waals surface area contributed by atoms with Gasteiger partial charge in [0.2, 0.25) is 0 Å². The van der Waals surface area contributed by atoms with Crippen LogP contribution in [0.15, 0.2) is 54.6 Å². The molecular formula is C18H22N2O2S. The molecule has 2 aromatic carbocycles. The SMILES string of the molecule is CNS(=O)(=O)N1CCc2ccccc2C1CCc1ccccc1. The summed E-state index contributed by atoms with van der Waals surface area (Å²) < 4.78 is 28.9. The second kappa shape index (κ2) is 6.83. The van der Waals surface area contributed by atoms with E-state index >= 15 is 0 Å². The molecule has 0 saturated carbocycles. The van der Waals surface area contributed by atoms with Crippen molar-refractivity contribution in [3.05, 3.63) is 71.3 Å². The first-order valence-corrected chi connectivity index (χ1v) is 9.38. The number of aryl methyl sites for hydroxylation is 1. The average Bonchev–Trinajstić information content (AvgIpc) is 2.60. The molecule has 0 spiro atoms. The van der Waals surface area contributed by atoms with E-state index in [9.17, 15) is 8.42 Å². The minimum atomic E-state index is -3.43. The van der Waals surface area contributed by atoms with Crippen LogP contribution >= 0.6 is 0 Å². The molecule has 1 aliphatic rings. The van der Waals surface area contributed by atoms with Crippen LogP contribution in [0.25, 0.3) is 0 Å². The van der Waals surface area contributed by atoms with Gasteiger partial charge in [0, 0.05) is 13.6 Å². The predicted octanol–water partition coefficient (Wildman–Crippen LogP) is 2.68. The van der Waals surface area contributed by atoms with E-state index in [-0.39, 0.29) is 6.04 Å². The maximum Gasteiger partial charge on any atom is 0.279 e. The maximum absolute atomic E-state index is 12.4. The molecule has 4 nitrogen and oxygen atoms in total. The summed E-state index contributed by atoms with van der Waals surface area (Å²) in [5.74, 6) is 0. The van der Waals surface area contributed by atoms with E-state index in [0.29, 0.717) is 6.54 Å². The molecule has 2 aromatic rings. The lowest BCUT2D eigenvalue weighted by molar-refractivity contribution is 0.291. The van der Waals surface area contributed by atoms with E-state index in [0.717, 1.165) is 24.8 Å². The largest absolute Gasteiger partial charge is 0.279 e. The minimum absolute atomic E-state index is 0.113. The fraction of sp³-hybridized carbons (Fsp3) is 0.333. The Morgan fingerprint density at radius 1 is 1.09 bits per heavy atom. The number of nitrogens with zero attached hydrogens (tertiary/aromatic N) is 1. The predicted molar refractivity (Wildman–Crippen MR) is 92.3 cm³/mol. The third-order valence-corrected chi connectivity index (χ3v) is 6.05. The molecule has 0 saturated heterocycles. The van der Waals surface area contributed by atoms with Gasteiger partial charge in [0.15, 0.2) is 0 Å². The number of hydrogen-bond acceptors (Lipinski definition) is 2. The highest BCUT2D eigenvalue weighted by Crippen LogP contribution is 2.34. The Bertz CT molecular complexity index is 760. The number of rotatable bonds is 5. The van der Waals surface area contributed by atoms with Crippen molar-refractivity contribution < 1.29 is 8.42 Å². The van der Waals surface area contributed by atoms with Crippen molar-refractivity contribution in [3.8, 4) is 0 Å². The van der Waals surface area contributed by atoms with E-state index < -0.39 is 10.2 Å². The van der Waals surface area contributed by atoms with Crippen LogP contribution in [0.5, 0.6) is 0 Å². The molecule has 1 N–H and O–H groups in total. The van der Waals surface area contributed by atoms with Crippen LogP contribution in [0.3, 0.4) is 0 Å². The summed E-state index contributed by atoms with van der Waals surface area (Å²) in [5.41, 5.74) is 3.62. The molecule has 1 aliphatic heterocycles. The van der Waals surface area contributed by atoms with Crippen LogP contribution in [0.1, 0.15) is 29.2 Å². The topological polar surface area (TPSA) is 49.4 Å². The molecule has 0 aliphatic carbocycles. The van der Waals surface area contributed by atoms with Crippen LogP contribution in [-0.2, 0) is 23.1 Å². The van der Waals surface area contributed by atoms with Gasteiger partial charge >= 0.3 is 0 Å². The zero-order valence-corrected chi connectivity index (χ0v) is 14.1. The Labute approximate surface area is 138 Å². The first kappa shape index (κ1) is 16.2. The molecule has 0 amide bonds. The van der Waals surface area contributed by atoms with Gasteiger partial charge in [0.05, 0.1) is 6.04 Å². The molecule has 23 heavy (non-hydrogen) atoms. The summed E-state index contributed by atoms with van der Waals surface area (Å²) in [4.78, 5) is 0. The zero-order valence-electron chi connectivity index (χ0n) is 13.3. The smallest absolute Gasteiger partial charge is 0.205 e. The molecule has 0 radical (unpaired) electrons. The molecule has 122 valence electrons. The van der Waals surface area contributed by atoms with Crippen molar-refractivity contribution in [2.24, 2.45) is 0 Å². The van der Waals surface area contributed by atoms with Crippen molar-refractivity contribution in [1.82, 2.24) is 9.03 Å². The summed E-state index contributed by atoms with van der Waals surface area (Å²) >= 11 is 0. The minimum Gasteiger partial charge on any atom is -0.205 e. The van der Waals surface area contributed by atoms with Gasteiger partial charge in [0.25, 0.3) is 10.2 Å². The first-order valence-electron chi connectivity index (χ1n) is 7.94. The third kappa shape index (κ3) is 3.47. The zero-order chi connectivity index (χ0) is 16.3. The van der Waals surface area contributed by atoms with Crippen molar-refractivity contribution in [2.45, 2.75) is 25.3 Å². The highest BCUT2D eigenvalue weighted by Gasteiger charge is 2.34. The summed E-state index contributed by atoms with van der Waals surface area (Å²) in [6.07, 6.45) is 2.40. The van der Waals surface area contributed by atoms with Gasteiger partial charge in [-0.2, -0.15) is 12.7 Å². The Hall–Kier alpha value is -1.69. The lowest BCUT2D eigenvalue weighted by atomic mass is 9.90. The van der Waals surface area contributed by atoms with Crippen molar-refractivity contribution >= 4 is 10.2 Å². The second-order valence-electron chi connectivity index (χ2n) is 5.81. The Morgan fingerprint density at radius 3 is 2.52 bits per heavy atom. The molecule has 3 rings (SSSR count). The highest BCUT2D eigenvalue weighted by molar-refractivity contribution is 7.87. The van der Waals surface area contributed by atoms with E-state index in [1.807, 2.05) is 30.3 Å². The summed E-state index contributed by atoms with van der Waals surface area (Å²) in [6.45, 7) is 0.527. The quantitative estimate of drug-likeness (QED) is 0.916. The molecule has 1 unspecified atom stereocenters. The van der Waals surface area contributed by atoms with Crippen LogP contribution < -0.4 is 4.72 Å². The molecule has 0 bridgehead atoms. The van der Waals surface area contributed by atoms with E-state index in [2.05, 4.69) is 29.0 Å². The van der Waals surface area contributed by atoms with Gasteiger partial charge in [-0.3, -0.25) is 0 Å². The normalized spacial score (nSPS) is 18.6. The highest BCUT2D eigenvalue weighted by atomic mass is 32.2. The van der Waals surface area contributed by atoms with Crippen LogP contribution in [-0.4, -0.2) is 26.3 Å². The maximum atomic E-state index is 12.4. The molecule has 1 atom stereocenters. The fourth-order valence-corrected chi connectivity index (χ4v) is 4.40. The van der Waals surface area contributed by atoms with Crippen molar-refractivity contribution in [1.29, 1.82) is 0 Å². The lowest BCUT2D eigenvalue weighted by Crippen LogP contribution is -2.45. The van der Waals surface area contributed by atoms with Crippen LogP contribution in [0, 0.1) is 0 Å².